The zero-order chi connectivity index (χ0) is 15.1. The molecule has 0 fully saturated rings. The van der Waals surface area contributed by atoms with Crippen LogP contribution in [0.1, 0.15) is 40.7 Å². The fourth-order valence-electron chi connectivity index (χ4n) is 2.05. The highest BCUT2D eigenvalue weighted by Gasteiger charge is 2.24. The number of ether oxygens (including phenoxy) is 1. The van der Waals surface area contributed by atoms with Crippen LogP contribution in [0.5, 0.6) is 0 Å². The van der Waals surface area contributed by atoms with Crippen LogP contribution in [0.2, 0.25) is 0 Å². The standard InChI is InChI=1S/C14H19N3O3/c1-9(2)16-10-6-7-15-8-11(10)17(12(16)18)13(19)20-14(3,4)5/h6-9H,1-5H3. The third-order valence-electron chi connectivity index (χ3n) is 2.77. The molecule has 0 aliphatic carbocycles. The summed E-state index contributed by atoms with van der Waals surface area (Å²) in [6, 6.07) is 1.66. The lowest BCUT2D eigenvalue weighted by Crippen LogP contribution is -2.34. The van der Waals surface area contributed by atoms with E-state index in [9.17, 15) is 9.59 Å². The van der Waals surface area contributed by atoms with Gasteiger partial charge in [0.2, 0.25) is 0 Å². The predicted octanol–water partition coefficient (Wildman–Crippen LogP) is 2.56. The number of nitrogens with zero attached hydrogens (tertiary/aromatic N) is 3. The summed E-state index contributed by atoms with van der Waals surface area (Å²) in [4.78, 5) is 28.7. The molecule has 0 amide bonds. The SMILES string of the molecule is CC(C)n1c(=O)n(C(=O)OC(C)(C)C)c2cnccc21. The molecule has 0 aromatic carbocycles. The summed E-state index contributed by atoms with van der Waals surface area (Å²) in [5.74, 6) is 0. The van der Waals surface area contributed by atoms with Gasteiger partial charge in [0.1, 0.15) is 5.60 Å². The van der Waals surface area contributed by atoms with Crippen LogP contribution in [0.15, 0.2) is 23.3 Å². The molecule has 0 saturated carbocycles. The zero-order valence-electron chi connectivity index (χ0n) is 12.4. The number of hydrogen-bond acceptors (Lipinski definition) is 4. The van der Waals surface area contributed by atoms with Gasteiger partial charge < -0.3 is 4.74 Å². The van der Waals surface area contributed by atoms with Gasteiger partial charge in [0.15, 0.2) is 0 Å². The molecule has 0 N–H and O–H groups in total. The van der Waals surface area contributed by atoms with Crippen LogP contribution < -0.4 is 5.69 Å². The summed E-state index contributed by atoms with van der Waals surface area (Å²) in [5.41, 5.74) is 0.0638. The smallest absolute Gasteiger partial charge is 0.423 e. The molecule has 2 aromatic rings. The Morgan fingerprint density at radius 1 is 1.30 bits per heavy atom. The summed E-state index contributed by atoms with van der Waals surface area (Å²) in [5, 5.41) is 0. The first-order valence-electron chi connectivity index (χ1n) is 6.52. The summed E-state index contributed by atoms with van der Waals surface area (Å²) in [6.45, 7) is 9.06. The van der Waals surface area contributed by atoms with Crippen molar-refractivity contribution in [2.24, 2.45) is 0 Å². The lowest BCUT2D eigenvalue weighted by Gasteiger charge is -2.19. The first-order chi connectivity index (χ1) is 9.22. The molecule has 2 rings (SSSR count). The fraction of sp³-hybridized carbons (Fsp3) is 0.500. The van der Waals surface area contributed by atoms with Crippen LogP contribution >= 0.6 is 0 Å². The highest BCUT2D eigenvalue weighted by Crippen LogP contribution is 2.17. The minimum absolute atomic E-state index is 0.0592. The van der Waals surface area contributed by atoms with Gasteiger partial charge >= 0.3 is 11.8 Å². The quantitative estimate of drug-likeness (QED) is 0.803. The van der Waals surface area contributed by atoms with Crippen molar-refractivity contribution in [2.75, 3.05) is 0 Å². The van der Waals surface area contributed by atoms with Crippen LogP contribution in [0.25, 0.3) is 11.0 Å². The second-order valence-electron chi connectivity index (χ2n) is 5.93. The maximum Gasteiger partial charge on any atom is 0.423 e. The molecular formula is C14H19N3O3. The number of imidazole rings is 1. The Kier molecular flexibility index (Phi) is 3.41. The van der Waals surface area contributed by atoms with E-state index in [1.54, 1.807) is 37.6 Å². The number of pyridine rings is 1. The van der Waals surface area contributed by atoms with Gasteiger partial charge in [-0.1, -0.05) is 0 Å². The van der Waals surface area contributed by atoms with Gasteiger partial charge in [-0.3, -0.25) is 9.55 Å². The van der Waals surface area contributed by atoms with Crippen molar-refractivity contribution in [3.05, 3.63) is 28.9 Å². The third-order valence-corrected chi connectivity index (χ3v) is 2.77. The number of rotatable bonds is 1. The summed E-state index contributed by atoms with van der Waals surface area (Å²) >= 11 is 0. The van der Waals surface area contributed by atoms with Gasteiger partial charge in [-0.25, -0.2) is 9.59 Å². The molecule has 0 atom stereocenters. The Labute approximate surface area is 117 Å². The van der Waals surface area contributed by atoms with Crippen LogP contribution in [-0.2, 0) is 4.74 Å². The predicted molar refractivity (Wildman–Crippen MR) is 76.0 cm³/mol. The lowest BCUT2D eigenvalue weighted by atomic mass is 10.2. The third kappa shape index (κ3) is 2.45. The van der Waals surface area contributed by atoms with Crippen LogP contribution in [-0.4, -0.2) is 25.8 Å². The van der Waals surface area contributed by atoms with Crippen molar-refractivity contribution in [2.45, 2.75) is 46.3 Å². The first kappa shape index (κ1) is 14.3. The Morgan fingerprint density at radius 2 is 1.95 bits per heavy atom. The van der Waals surface area contributed by atoms with Gasteiger partial charge in [-0.15, -0.1) is 0 Å². The van der Waals surface area contributed by atoms with Crippen LogP contribution in [0.3, 0.4) is 0 Å². The molecule has 2 aromatic heterocycles. The van der Waals surface area contributed by atoms with Crippen molar-refractivity contribution in [3.8, 4) is 0 Å². The minimum atomic E-state index is -0.681. The van der Waals surface area contributed by atoms with Gasteiger partial charge in [0.05, 0.1) is 17.2 Å². The van der Waals surface area contributed by atoms with Crippen LogP contribution in [0, 0.1) is 0 Å². The summed E-state index contributed by atoms with van der Waals surface area (Å²) in [6.07, 6.45) is 2.42. The van der Waals surface area contributed by atoms with E-state index in [1.807, 2.05) is 13.8 Å². The van der Waals surface area contributed by atoms with Crippen molar-refractivity contribution >= 4 is 17.1 Å². The summed E-state index contributed by atoms with van der Waals surface area (Å²) < 4.78 is 7.88. The second-order valence-corrected chi connectivity index (χ2v) is 5.93. The molecule has 0 spiro atoms. The lowest BCUT2D eigenvalue weighted by molar-refractivity contribution is 0.0537. The van der Waals surface area contributed by atoms with E-state index in [4.69, 9.17) is 4.74 Å². The molecule has 0 radical (unpaired) electrons. The van der Waals surface area contributed by atoms with E-state index in [1.165, 1.54) is 6.20 Å². The molecule has 108 valence electrons. The number of hydrogen-bond donors (Lipinski definition) is 0. The van der Waals surface area contributed by atoms with Gasteiger partial charge in [-0.2, -0.15) is 4.57 Å². The monoisotopic (exact) mass is 277 g/mol. The molecule has 0 bridgehead atoms. The average molecular weight is 277 g/mol. The Hall–Kier alpha value is -2.11. The van der Waals surface area contributed by atoms with E-state index in [0.717, 1.165) is 4.57 Å². The fourth-order valence-corrected chi connectivity index (χ4v) is 2.05. The maximum absolute atomic E-state index is 12.5. The van der Waals surface area contributed by atoms with Crippen molar-refractivity contribution in [1.82, 2.24) is 14.1 Å². The summed E-state index contributed by atoms with van der Waals surface area (Å²) in [7, 11) is 0. The van der Waals surface area contributed by atoms with Crippen LogP contribution in [0.4, 0.5) is 4.79 Å². The number of aromatic nitrogens is 3. The second kappa shape index (κ2) is 4.77. The van der Waals surface area contributed by atoms with Gasteiger partial charge in [0.25, 0.3) is 0 Å². The van der Waals surface area contributed by atoms with Gasteiger partial charge in [0, 0.05) is 12.2 Å². The van der Waals surface area contributed by atoms with E-state index < -0.39 is 17.4 Å². The highest BCUT2D eigenvalue weighted by atomic mass is 16.6. The molecule has 2 heterocycles. The number of carbonyl (C=O) groups is 1. The van der Waals surface area contributed by atoms with E-state index in [-0.39, 0.29) is 6.04 Å². The maximum atomic E-state index is 12.5. The molecule has 20 heavy (non-hydrogen) atoms. The highest BCUT2D eigenvalue weighted by molar-refractivity contribution is 5.86. The average Bonchev–Trinajstić information content (AvgIpc) is 2.58. The zero-order valence-corrected chi connectivity index (χ0v) is 12.4. The molecule has 0 unspecified atom stereocenters. The Balaban J connectivity index is 2.68. The van der Waals surface area contributed by atoms with E-state index >= 15 is 0 Å². The van der Waals surface area contributed by atoms with Crippen molar-refractivity contribution in [1.29, 1.82) is 0 Å². The Bertz CT molecular complexity index is 705. The molecule has 0 aliphatic heterocycles. The number of fused-ring (bicyclic) bond motifs is 1. The number of carbonyl (C=O) groups excluding carboxylic acids is 1. The largest absolute Gasteiger partial charge is 0.443 e. The molecular weight excluding hydrogens is 258 g/mol. The van der Waals surface area contributed by atoms with Crippen molar-refractivity contribution in [3.63, 3.8) is 0 Å². The molecule has 6 heteroatoms. The normalized spacial score (nSPS) is 12.1. The minimum Gasteiger partial charge on any atom is -0.443 e. The molecule has 0 saturated heterocycles. The first-order valence-corrected chi connectivity index (χ1v) is 6.52. The van der Waals surface area contributed by atoms with Crippen molar-refractivity contribution < 1.29 is 9.53 Å². The molecule has 6 nitrogen and oxygen atoms in total. The molecule has 0 aliphatic rings. The van der Waals surface area contributed by atoms with Gasteiger partial charge in [-0.05, 0) is 40.7 Å². The van der Waals surface area contributed by atoms with E-state index in [0.29, 0.717) is 11.0 Å². The van der Waals surface area contributed by atoms with E-state index in [2.05, 4.69) is 4.98 Å². The topological polar surface area (TPSA) is 66.1 Å². The Morgan fingerprint density at radius 3 is 2.50 bits per heavy atom.